The topological polar surface area (TPSA) is 96.9 Å². The Morgan fingerprint density at radius 2 is 2.31 bits per heavy atom. The number of nitrogens with one attached hydrogen (secondary N) is 2. The number of urea groups is 1. The SMILES string of the molecule is O=C(O)CONC(=O)NCC1CCCOC1. The van der Waals surface area contributed by atoms with Gasteiger partial charge in [0.1, 0.15) is 0 Å². The highest BCUT2D eigenvalue weighted by atomic mass is 16.7. The molecule has 0 spiro atoms. The van der Waals surface area contributed by atoms with E-state index >= 15 is 0 Å². The van der Waals surface area contributed by atoms with E-state index < -0.39 is 18.6 Å². The highest BCUT2D eigenvalue weighted by molar-refractivity contribution is 5.73. The second kappa shape index (κ2) is 7.02. The first-order valence-corrected chi connectivity index (χ1v) is 5.13. The fourth-order valence-corrected chi connectivity index (χ4v) is 1.40. The highest BCUT2D eigenvalue weighted by Crippen LogP contribution is 2.11. The van der Waals surface area contributed by atoms with Gasteiger partial charge in [-0.05, 0) is 18.8 Å². The van der Waals surface area contributed by atoms with Crippen molar-refractivity contribution in [1.82, 2.24) is 10.8 Å². The van der Waals surface area contributed by atoms with Crippen molar-refractivity contribution in [1.29, 1.82) is 0 Å². The molecule has 0 saturated carbocycles. The maximum absolute atomic E-state index is 11.1. The predicted molar refractivity (Wildman–Crippen MR) is 53.7 cm³/mol. The van der Waals surface area contributed by atoms with Gasteiger partial charge in [-0.25, -0.2) is 15.1 Å². The Balaban J connectivity index is 2.02. The summed E-state index contributed by atoms with van der Waals surface area (Å²) >= 11 is 0. The van der Waals surface area contributed by atoms with Gasteiger partial charge < -0.3 is 15.2 Å². The number of carbonyl (C=O) groups excluding carboxylic acids is 1. The van der Waals surface area contributed by atoms with E-state index in [0.29, 0.717) is 19.1 Å². The van der Waals surface area contributed by atoms with E-state index in [9.17, 15) is 9.59 Å². The zero-order valence-electron chi connectivity index (χ0n) is 8.90. The van der Waals surface area contributed by atoms with Crippen LogP contribution >= 0.6 is 0 Å². The molecule has 0 aromatic heterocycles. The monoisotopic (exact) mass is 232 g/mol. The number of amides is 2. The van der Waals surface area contributed by atoms with Crippen LogP contribution in [0, 0.1) is 5.92 Å². The molecule has 3 N–H and O–H groups in total. The van der Waals surface area contributed by atoms with Crippen LogP contribution in [-0.4, -0.2) is 43.5 Å². The van der Waals surface area contributed by atoms with Crippen LogP contribution in [0.2, 0.25) is 0 Å². The average Bonchev–Trinajstić information content (AvgIpc) is 2.27. The van der Waals surface area contributed by atoms with E-state index in [-0.39, 0.29) is 0 Å². The van der Waals surface area contributed by atoms with Gasteiger partial charge in [-0.1, -0.05) is 0 Å². The van der Waals surface area contributed by atoms with Crippen LogP contribution in [0.1, 0.15) is 12.8 Å². The van der Waals surface area contributed by atoms with Crippen molar-refractivity contribution >= 4 is 12.0 Å². The average molecular weight is 232 g/mol. The molecule has 7 nitrogen and oxygen atoms in total. The smallest absolute Gasteiger partial charge is 0.338 e. The third kappa shape index (κ3) is 5.52. The Labute approximate surface area is 93.1 Å². The number of hydroxylamine groups is 1. The van der Waals surface area contributed by atoms with Crippen molar-refractivity contribution in [2.45, 2.75) is 12.8 Å². The first-order chi connectivity index (χ1) is 7.68. The molecule has 1 heterocycles. The summed E-state index contributed by atoms with van der Waals surface area (Å²) in [5, 5.41) is 10.8. The third-order valence-electron chi connectivity index (χ3n) is 2.17. The van der Waals surface area contributed by atoms with E-state index in [0.717, 1.165) is 19.4 Å². The molecular weight excluding hydrogens is 216 g/mol. The molecule has 0 radical (unpaired) electrons. The number of hydrogen-bond donors (Lipinski definition) is 3. The largest absolute Gasteiger partial charge is 0.479 e. The van der Waals surface area contributed by atoms with E-state index in [1.54, 1.807) is 0 Å². The van der Waals surface area contributed by atoms with E-state index in [2.05, 4.69) is 10.2 Å². The minimum absolute atomic E-state index is 0.318. The molecule has 1 unspecified atom stereocenters. The second-order valence-electron chi connectivity index (χ2n) is 3.58. The number of ether oxygens (including phenoxy) is 1. The minimum Gasteiger partial charge on any atom is -0.479 e. The molecule has 2 amide bonds. The van der Waals surface area contributed by atoms with Crippen LogP contribution in [0.5, 0.6) is 0 Å². The zero-order valence-corrected chi connectivity index (χ0v) is 8.90. The van der Waals surface area contributed by atoms with E-state index in [4.69, 9.17) is 9.84 Å². The number of hydrogen-bond acceptors (Lipinski definition) is 4. The van der Waals surface area contributed by atoms with Crippen molar-refractivity contribution in [3.05, 3.63) is 0 Å². The lowest BCUT2D eigenvalue weighted by atomic mass is 10.0. The predicted octanol–water partition coefficient (Wildman–Crippen LogP) is -0.272. The Morgan fingerprint density at radius 1 is 1.50 bits per heavy atom. The van der Waals surface area contributed by atoms with Gasteiger partial charge in [0.2, 0.25) is 0 Å². The van der Waals surface area contributed by atoms with Crippen molar-refractivity contribution in [2.75, 3.05) is 26.4 Å². The fraction of sp³-hybridized carbons (Fsp3) is 0.778. The molecule has 16 heavy (non-hydrogen) atoms. The highest BCUT2D eigenvalue weighted by Gasteiger charge is 2.14. The summed E-state index contributed by atoms with van der Waals surface area (Å²) in [7, 11) is 0. The summed E-state index contributed by atoms with van der Waals surface area (Å²) in [6.07, 6.45) is 2.03. The molecule has 0 aromatic carbocycles. The molecule has 7 heteroatoms. The van der Waals surface area contributed by atoms with Crippen LogP contribution in [0.4, 0.5) is 4.79 Å². The Hall–Kier alpha value is -1.34. The zero-order chi connectivity index (χ0) is 11.8. The number of carboxylic acid groups (broad SMARTS) is 1. The van der Waals surface area contributed by atoms with Gasteiger partial charge in [0.25, 0.3) is 0 Å². The maximum atomic E-state index is 11.1. The lowest BCUT2D eigenvalue weighted by Crippen LogP contribution is -2.40. The van der Waals surface area contributed by atoms with Crippen LogP contribution in [0.15, 0.2) is 0 Å². The molecule has 92 valence electrons. The number of carbonyl (C=O) groups is 2. The van der Waals surface area contributed by atoms with Gasteiger partial charge >= 0.3 is 12.0 Å². The summed E-state index contributed by atoms with van der Waals surface area (Å²) in [4.78, 5) is 25.6. The van der Waals surface area contributed by atoms with Gasteiger partial charge in [0, 0.05) is 13.2 Å². The van der Waals surface area contributed by atoms with E-state index in [1.165, 1.54) is 0 Å². The van der Waals surface area contributed by atoms with Crippen LogP contribution in [0.25, 0.3) is 0 Å². The quantitative estimate of drug-likeness (QED) is 0.567. The third-order valence-corrected chi connectivity index (χ3v) is 2.17. The Bertz CT molecular complexity index is 240. The molecule has 1 rings (SSSR count). The summed E-state index contributed by atoms with van der Waals surface area (Å²) < 4.78 is 5.25. The van der Waals surface area contributed by atoms with Crippen LogP contribution in [-0.2, 0) is 14.4 Å². The fourth-order valence-electron chi connectivity index (χ4n) is 1.40. The Kier molecular flexibility index (Phi) is 5.58. The number of carboxylic acids is 1. The van der Waals surface area contributed by atoms with Gasteiger partial charge in [-0.2, -0.15) is 0 Å². The van der Waals surface area contributed by atoms with Crippen molar-refractivity contribution in [3.8, 4) is 0 Å². The molecule has 1 aliphatic rings. The van der Waals surface area contributed by atoms with Gasteiger partial charge in [0.15, 0.2) is 6.61 Å². The van der Waals surface area contributed by atoms with Crippen molar-refractivity contribution in [3.63, 3.8) is 0 Å². The molecule has 0 aliphatic carbocycles. The molecule has 1 saturated heterocycles. The minimum atomic E-state index is -1.14. The molecular formula is C9H16N2O5. The van der Waals surface area contributed by atoms with Crippen LogP contribution < -0.4 is 10.8 Å². The molecule has 1 aliphatic heterocycles. The number of aliphatic carboxylic acids is 1. The first-order valence-electron chi connectivity index (χ1n) is 5.13. The maximum Gasteiger partial charge on any atom is 0.338 e. The van der Waals surface area contributed by atoms with Gasteiger partial charge in [0.05, 0.1) is 6.61 Å². The summed E-state index contributed by atoms with van der Waals surface area (Å²) in [5.41, 5.74) is 1.98. The summed E-state index contributed by atoms with van der Waals surface area (Å²) in [6.45, 7) is 1.38. The van der Waals surface area contributed by atoms with Crippen molar-refractivity contribution in [2.24, 2.45) is 5.92 Å². The van der Waals surface area contributed by atoms with E-state index in [1.807, 2.05) is 5.48 Å². The second-order valence-corrected chi connectivity index (χ2v) is 3.58. The van der Waals surface area contributed by atoms with Crippen LogP contribution in [0.3, 0.4) is 0 Å². The summed E-state index contributed by atoms with van der Waals surface area (Å²) in [6, 6.07) is -0.535. The molecule has 0 aromatic rings. The lowest BCUT2D eigenvalue weighted by Gasteiger charge is -2.22. The Morgan fingerprint density at radius 3 is 2.94 bits per heavy atom. The number of rotatable bonds is 5. The lowest BCUT2D eigenvalue weighted by molar-refractivity contribution is -0.144. The normalized spacial score (nSPS) is 20.1. The standard InChI is InChI=1S/C9H16N2O5/c12-8(13)6-16-11-9(14)10-4-7-2-1-3-15-5-7/h7H,1-6H2,(H,12,13)(H2,10,11,14). The van der Waals surface area contributed by atoms with Crippen molar-refractivity contribution < 1.29 is 24.3 Å². The summed E-state index contributed by atoms with van der Waals surface area (Å²) in [5.74, 6) is -0.819. The first kappa shape index (κ1) is 12.7. The van der Waals surface area contributed by atoms with Gasteiger partial charge in [-0.15, -0.1) is 0 Å². The molecule has 0 bridgehead atoms. The molecule has 1 atom stereocenters. The van der Waals surface area contributed by atoms with Gasteiger partial charge in [-0.3, -0.25) is 4.84 Å². The molecule has 1 fully saturated rings.